The van der Waals surface area contributed by atoms with Gasteiger partial charge in [-0.15, -0.1) is 0 Å². The maximum absolute atomic E-state index is 14.8. The Labute approximate surface area is 305 Å². The van der Waals surface area contributed by atoms with Crippen molar-refractivity contribution in [1.82, 2.24) is 31.5 Å². The molecule has 51 heavy (non-hydrogen) atoms. The molecule has 13 heteroatoms. The third kappa shape index (κ3) is 10.6. The van der Waals surface area contributed by atoms with Crippen LogP contribution in [0.3, 0.4) is 0 Å². The molecule has 2 aliphatic carbocycles. The topological polar surface area (TPSA) is 175 Å². The van der Waals surface area contributed by atoms with Gasteiger partial charge in [0.15, 0.2) is 0 Å². The summed E-state index contributed by atoms with van der Waals surface area (Å²) in [7, 11) is 0. The second-order valence-electron chi connectivity index (χ2n) is 17.4. The van der Waals surface area contributed by atoms with Crippen LogP contribution < -0.4 is 26.6 Å². The van der Waals surface area contributed by atoms with Crippen LogP contribution in [0.2, 0.25) is 0 Å². The van der Waals surface area contributed by atoms with Gasteiger partial charge >= 0.3 is 12.1 Å². The van der Waals surface area contributed by atoms with Crippen LogP contribution in [0.1, 0.15) is 121 Å². The Morgan fingerprint density at radius 1 is 0.882 bits per heavy atom. The van der Waals surface area contributed by atoms with Crippen LogP contribution >= 0.6 is 0 Å². The van der Waals surface area contributed by atoms with Crippen molar-refractivity contribution in [2.45, 2.75) is 145 Å². The van der Waals surface area contributed by atoms with E-state index in [9.17, 15) is 28.8 Å². The summed E-state index contributed by atoms with van der Waals surface area (Å²) in [6.45, 7) is 20.9. The van der Waals surface area contributed by atoms with Gasteiger partial charge in [0.25, 0.3) is 5.91 Å². The van der Waals surface area contributed by atoms with E-state index in [1.165, 1.54) is 0 Å². The van der Waals surface area contributed by atoms with Gasteiger partial charge in [0.05, 0.1) is 12.1 Å². The van der Waals surface area contributed by atoms with E-state index in [0.717, 1.165) is 32.1 Å². The van der Waals surface area contributed by atoms with E-state index < -0.39 is 64.7 Å². The Bertz CT molecular complexity index is 1270. The van der Waals surface area contributed by atoms with Crippen molar-refractivity contribution in [1.29, 1.82) is 0 Å². The molecular formula is C38H66N6O7. The van der Waals surface area contributed by atoms with Gasteiger partial charge in [-0.25, -0.2) is 9.59 Å². The molecule has 290 valence electrons. The van der Waals surface area contributed by atoms with Gasteiger partial charge in [-0.1, -0.05) is 94.9 Å². The summed E-state index contributed by atoms with van der Waals surface area (Å²) in [5.41, 5.74) is -1.22. The van der Waals surface area contributed by atoms with Crippen molar-refractivity contribution < 1.29 is 33.5 Å². The number of piperidine rings is 1. The largest absolute Gasteiger partial charge is 0.447 e. The Morgan fingerprint density at radius 2 is 1.53 bits per heavy atom. The van der Waals surface area contributed by atoms with E-state index in [-0.39, 0.29) is 35.7 Å². The van der Waals surface area contributed by atoms with E-state index >= 15 is 0 Å². The molecule has 2 saturated carbocycles. The van der Waals surface area contributed by atoms with Crippen molar-refractivity contribution >= 4 is 35.6 Å². The molecule has 5 N–H and O–H groups in total. The third-order valence-electron chi connectivity index (χ3n) is 11.3. The van der Waals surface area contributed by atoms with Crippen LogP contribution in [0.15, 0.2) is 0 Å². The highest BCUT2D eigenvalue weighted by Crippen LogP contribution is 2.65. The van der Waals surface area contributed by atoms with Crippen LogP contribution in [0.5, 0.6) is 0 Å². The molecule has 0 aromatic heterocycles. The standard InChI is InChI=1S/C38H66N6O7/c1-11-16-25(29(45)32(47)39-19-12-2)41-31(46)28-27-24(37(27,8)9)21-44(28)33(48)30(38(10)17-14-13-15-18-38)43-34(49)42-26(36(5,6)7)22-51-35(50)40-20-23(3)4/h23-28,30H,11-22H2,1-10H3,(H,39,47)(H,40,50)(H,41,46)(H2,42,43,49)/t24-,25?,26?,27?,28-,30+/m0/s1. The van der Waals surface area contributed by atoms with E-state index in [4.69, 9.17) is 4.74 Å². The third-order valence-corrected chi connectivity index (χ3v) is 11.3. The van der Waals surface area contributed by atoms with Crippen molar-refractivity contribution in [2.24, 2.45) is 34.0 Å². The number of rotatable bonds is 16. The maximum Gasteiger partial charge on any atom is 0.407 e. The molecule has 0 aromatic carbocycles. The second kappa shape index (κ2) is 17.4. The number of urea groups is 1. The number of nitrogens with zero attached hydrogens (tertiary/aromatic N) is 1. The monoisotopic (exact) mass is 718 g/mol. The Balaban J connectivity index is 1.85. The zero-order valence-corrected chi connectivity index (χ0v) is 32.8. The zero-order chi connectivity index (χ0) is 38.3. The highest BCUT2D eigenvalue weighted by Gasteiger charge is 2.70. The van der Waals surface area contributed by atoms with E-state index in [2.05, 4.69) is 40.4 Å². The number of hydrogen-bond acceptors (Lipinski definition) is 7. The normalized spacial score (nSPS) is 23.6. The van der Waals surface area contributed by atoms with Crippen molar-refractivity contribution in [2.75, 3.05) is 26.2 Å². The lowest BCUT2D eigenvalue weighted by Gasteiger charge is -2.43. The summed E-state index contributed by atoms with van der Waals surface area (Å²) < 4.78 is 5.47. The number of nitrogens with one attached hydrogen (secondary N) is 5. The van der Waals surface area contributed by atoms with Crippen LogP contribution in [-0.4, -0.2) is 90.9 Å². The highest BCUT2D eigenvalue weighted by atomic mass is 16.5. The number of fused-ring (bicyclic) bond motifs is 1. The summed E-state index contributed by atoms with van der Waals surface area (Å²) in [6.07, 6.45) is 5.31. The molecule has 6 atom stereocenters. The fourth-order valence-corrected chi connectivity index (χ4v) is 7.80. The lowest BCUT2D eigenvalue weighted by molar-refractivity contribution is -0.146. The lowest BCUT2D eigenvalue weighted by atomic mass is 9.70. The average molecular weight is 719 g/mol. The zero-order valence-electron chi connectivity index (χ0n) is 32.8. The van der Waals surface area contributed by atoms with Gasteiger partial charge in [0.1, 0.15) is 18.7 Å². The number of Topliss-reactive ketones (excluding diaryl/α,β-unsaturated/α-hetero) is 1. The van der Waals surface area contributed by atoms with Crippen LogP contribution in [0.25, 0.3) is 0 Å². The molecule has 1 aliphatic heterocycles. The van der Waals surface area contributed by atoms with Gasteiger partial charge < -0.3 is 36.2 Å². The molecule has 0 spiro atoms. The molecule has 1 saturated heterocycles. The quantitative estimate of drug-likeness (QED) is 0.148. The molecule has 1 heterocycles. The van der Waals surface area contributed by atoms with Gasteiger partial charge in [-0.2, -0.15) is 0 Å². The number of alkyl carbamates (subject to hydrolysis) is 1. The molecule has 6 amide bonds. The highest BCUT2D eigenvalue weighted by molar-refractivity contribution is 6.38. The lowest BCUT2D eigenvalue weighted by Crippen LogP contribution is -2.63. The number of hydrogen-bond donors (Lipinski definition) is 5. The van der Waals surface area contributed by atoms with E-state index in [1.807, 2.05) is 55.4 Å². The van der Waals surface area contributed by atoms with Gasteiger partial charge in [0.2, 0.25) is 17.6 Å². The van der Waals surface area contributed by atoms with Crippen molar-refractivity contribution in [3.63, 3.8) is 0 Å². The van der Waals surface area contributed by atoms with Crippen molar-refractivity contribution in [3.8, 4) is 0 Å². The van der Waals surface area contributed by atoms with Gasteiger partial charge in [-0.05, 0) is 59.7 Å². The number of ketones is 1. The Morgan fingerprint density at radius 3 is 2.10 bits per heavy atom. The minimum atomic E-state index is -1.00. The predicted molar refractivity (Wildman–Crippen MR) is 195 cm³/mol. The number of likely N-dealkylation sites (tertiary alicyclic amines) is 1. The van der Waals surface area contributed by atoms with Crippen LogP contribution in [0, 0.1) is 34.0 Å². The van der Waals surface area contributed by atoms with Crippen LogP contribution in [-0.2, 0) is 23.9 Å². The molecular weight excluding hydrogens is 652 g/mol. The molecule has 3 fully saturated rings. The minimum absolute atomic E-state index is 0.0579. The number of carbonyl (C=O) groups is 6. The smallest absolute Gasteiger partial charge is 0.407 e. The molecule has 3 rings (SSSR count). The summed E-state index contributed by atoms with van der Waals surface area (Å²) in [5, 5.41) is 14.2. The number of carbonyl (C=O) groups excluding carboxylic acids is 6. The first-order valence-electron chi connectivity index (χ1n) is 19.2. The van der Waals surface area contributed by atoms with Crippen molar-refractivity contribution in [3.05, 3.63) is 0 Å². The van der Waals surface area contributed by atoms with Gasteiger partial charge in [-0.3, -0.25) is 19.2 Å². The Kier molecular flexibility index (Phi) is 14.4. The first-order chi connectivity index (χ1) is 23.8. The minimum Gasteiger partial charge on any atom is -0.447 e. The summed E-state index contributed by atoms with van der Waals surface area (Å²) in [6, 6.07) is -3.88. The fraction of sp³-hybridized carbons (Fsp3) is 0.842. The van der Waals surface area contributed by atoms with E-state index in [0.29, 0.717) is 38.9 Å². The molecule has 3 aliphatic rings. The molecule has 3 unspecified atom stereocenters. The summed E-state index contributed by atoms with van der Waals surface area (Å²) in [4.78, 5) is 82.3. The molecule has 0 bridgehead atoms. The maximum atomic E-state index is 14.8. The van der Waals surface area contributed by atoms with E-state index in [1.54, 1.807) is 4.90 Å². The first kappa shape index (κ1) is 42.0. The second-order valence-corrected chi connectivity index (χ2v) is 17.4. The summed E-state index contributed by atoms with van der Waals surface area (Å²) in [5.74, 6) is -1.97. The van der Waals surface area contributed by atoms with Crippen LogP contribution in [0.4, 0.5) is 9.59 Å². The molecule has 13 nitrogen and oxygen atoms in total. The molecule has 0 radical (unpaired) electrons. The number of ether oxygens (including phenoxy) is 1. The molecule has 0 aromatic rings. The van der Waals surface area contributed by atoms with Gasteiger partial charge in [0, 0.05) is 19.6 Å². The Hall–Kier alpha value is -3.38. The summed E-state index contributed by atoms with van der Waals surface area (Å²) >= 11 is 0. The average Bonchev–Trinajstić information content (AvgIpc) is 3.36. The first-order valence-corrected chi connectivity index (χ1v) is 19.2. The number of amides is 6. The SMILES string of the molecule is CCCNC(=O)C(=O)C(CCC)NC(=O)[C@@H]1C2[C@H](CN1C(=O)[C@@H](NC(=O)NC(COC(=O)NCC(C)C)C(C)(C)C)C1(C)CCCCC1)C2(C)C. The predicted octanol–water partition coefficient (Wildman–Crippen LogP) is 4.28. The fourth-order valence-electron chi connectivity index (χ4n) is 7.80.